The van der Waals surface area contributed by atoms with Crippen molar-refractivity contribution < 1.29 is 44.9 Å². The molecule has 0 unspecified atom stereocenters. The lowest BCUT2D eigenvalue weighted by molar-refractivity contribution is -0.390. The van der Waals surface area contributed by atoms with Gasteiger partial charge in [0, 0.05) is 18.0 Å². The number of aromatic amines is 1. The standard InChI is InChI=1S/C31H39NO9/c1-17(2)28(37)23(40-22(34)20-11-8-14-32-20)29(38)24(3)16-27(36)25(28,4)31(29,39)30(41-27)21(33)19(12-13-26(24,30)35)15-18-9-6-5-7-10-18/h5-11,14,17,19,21,23,32-33,35-39H,12-13,15-16H2,1-4H3/t19-,21+,23+,24-,25-,26-,27-,28+,29+,30+,31+/m0/s1. The van der Waals surface area contributed by atoms with Gasteiger partial charge in [0.2, 0.25) is 0 Å². The van der Waals surface area contributed by atoms with E-state index in [9.17, 15) is 35.4 Å². The number of esters is 1. The topological polar surface area (TPSA) is 173 Å². The Bertz CT molecular complexity index is 1420. The lowest BCUT2D eigenvalue weighted by atomic mass is 9.52. The maximum atomic E-state index is 13.4. The molecule has 6 aliphatic rings. The number of hydrogen-bond donors (Lipinski definition) is 7. The molecule has 10 heteroatoms. The predicted molar refractivity (Wildman–Crippen MR) is 143 cm³/mol. The number of carbonyl (C=O) groups is 1. The molecule has 0 amide bonds. The third-order valence-corrected chi connectivity index (χ3v) is 12.5. The number of aromatic nitrogens is 1. The summed E-state index contributed by atoms with van der Waals surface area (Å²) in [5.74, 6) is -4.48. The van der Waals surface area contributed by atoms with Gasteiger partial charge < -0.3 is 45.1 Å². The highest BCUT2D eigenvalue weighted by Gasteiger charge is 3.10. The molecule has 10 nitrogen and oxygen atoms in total. The van der Waals surface area contributed by atoms with Gasteiger partial charge in [0.15, 0.2) is 17.5 Å². The van der Waals surface area contributed by atoms with Gasteiger partial charge in [-0.1, -0.05) is 51.1 Å². The highest BCUT2D eigenvalue weighted by molar-refractivity contribution is 5.87. The third kappa shape index (κ3) is 2.36. The van der Waals surface area contributed by atoms with Crippen molar-refractivity contribution in [3.63, 3.8) is 0 Å². The fourth-order valence-electron chi connectivity index (χ4n) is 10.6. The Morgan fingerprint density at radius 3 is 2.37 bits per heavy atom. The number of benzene rings is 1. The summed E-state index contributed by atoms with van der Waals surface area (Å²) in [5, 5.41) is 76.1. The number of carbonyl (C=O) groups excluding carboxylic acids is 1. The van der Waals surface area contributed by atoms with E-state index in [2.05, 4.69) is 4.98 Å². The molecule has 222 valence electrons. The maximum Gasteiger partial charge on any atom is 0.355 e. The van der Waals surface area contributed by atoms with Gasteiger partial charge in [0.25, 0.3) is 0 Å². The SMILES string of the molecule is CC(C)[C@@]1(O)[C@@H](OC(=O)c2ccc[nH]2)[C@@]2(O)[C@@]3(C)C[C@]4(O)O[C@@]5([C@H](O)[C@H](Cc6ccccc6)CC[C@]35O)[C@@]2(O)[C@]14C. The van der Waals surface area contributed by atoms with Gasteiger partial charge in [0.1, 0.15) is 28.1 Å². The Kier molecular flexibility index (Phi) is 5.10. The zero-order chi connectivity index (χ0) is 29.6. The summed E-state index contributed by atoms with van der Waals surface area (Å²) in [6.45, 7) is 6.22. The average molecular weight is 570 g/mol. The van der Waals surface area contributed by atoms with Gasteiger partial charge in [-0.2, -0.15) is 0 Å². The molecule has 1 spiro atoms. The number of H-pyrrole nitrogens is 1. The van der Waals surface area contributed by atoms with Crippen LogP contribution in [-0.4, -0.2) is 87.6 Å². The molecule has 4 saturated carbocycles. The van der Waals surface area contributed by atoms with Crippen molar-refractivity contribution in [2.24, 2.45) is 22.7 Å². The van der Waals surface area contributed by atoms with Crippen LogP contribution >= 0.6 is 0 Å². The van der Waals surface area contributed by atoms with E-state index in [-0.39, 0.29) is 18.5 Å². The highest BCUT2D eigenvalue weighted by atomic mass is 16.7. The quantitative estimate of drug-likeness (QED) is 0.260. The van der Waals surface area contributed by atoms with Crippen LogP contribution in [0.3, 0.4) is 0 Å². The molecule has 4 aliphatic carbocycles. The van der Waals surface area contributed by atoms with Gasteiger partial charge in [-0.05, 0) is 55.7 Å². The first-order valence-corrected chi connectivity index (χ1v) is 14.5. The first-order chi connectivity index (χ1) is 19.1. The third-order valence-electron chi connectivity index (χ3n) is 12.5. The van der Waals surface area contributed by atoms with Gasteiger partial charge in [0.05, 0.1) is 11.5 Å². The number of rotatable bonds is 5. The summed E-state index contributed by atoms with van der Waals surface area (Å²) in [4.78, 5) is 16.1. The van der Waals surface area contributed by atoms with E-state index in [1.807, 2.05) is 30.3 Å². The molecule has 0 radical (unpaired) electrons. The monoisotopic (exact) mass is 569 g/mol. The van der Waals surface area contributed by atoms with Gasteiger partial charge in [-0.25, -0.2) is 4.79 Å². The highest BCUT2D eigenvalue weighted by Crippen LogP contribution is 2.90. The van der Waals surface area contributed by atoms with Gasteiger partial charge in [-0.3, -0.25) is 0 Å². The molecule has 3 heterocycles. The number of ether oxygens (including phenoxy) is 2. The summed E-state index contributed by atoms with van der Waals surface area (Å²) in [6, 6.07) is 12.6. The molecule has 1 aromatic carbocycles. The first-order valence-electron chi connectivity index (χ1n) is 14.5. The van der Waals surface area contributed by atoms with Gasteiger partial charge in [-0.15, -0.1) is 0 Å². The second-order valence-electron chi connectivity index (χ2n) is 13.9. The first kappa shape index (κ1) is 27.5. The average Bonchev–Trinajstić information content (AvgIpc) is 3.55. The zero-order valence-corrected chi connectivity index (χ0v) is 23.7. The van der Waals surface area contributed by atoms with Gasteiger partial charge >= 0.3 is 5.97 Å². The normalized spacial score (nSPS) is 52.7. The minimum atomic E-state index is -2.64. The van der Waals surface area contributed by atoms with Crippen molar-refractivity contribution in [3.8, 4) is 0 Å². The van der Waals surface area contributed by atoms with Crippen molar-refractivity contribution in [1.29, 1.82) is 0 Å². The van der Waals surface area contributed by atoms with Crippen LogP contribution in [0.1, 0.15) is 63.0 Å². The Hall–Kier alpha value is -2.31. The van der Waals surface area contributed by atoms with E-state index in [4.69, 9.17) is 9.47 Å². The minimum Gasteiger partial charge on any atom is -0.451 e. The number of aliphatic hydroxyl groups is 6. The molecular weight excluding hydrogens is 530 g/mol. The molecule has 2 aliphatic heterocycles. The van der Waals surface area contributed by atoms with Crippen LogP contribution in [0.25, 0.3) is 0 Å². The van der Waals surface area contributed by atoms with E-state index in [0.29, 0.717) is 12.8 Å². The molecule has 6 bridgehead atoms. The molecular formula is C31H39NO9. The van der Waals surface area contributed by atoms with E-state index in [0.717, 1.165) is 5.56 Å². The molecule has 8 rings (SSSR count). The summed E-state index contributed by atoms with van der Waals surface area (Å²) < 4.78 is 12.3. The summed E-state index contributed by atoms with van der Waals surface area (Å²) in [5.41, 5.74) is -14.6. The smallest absolute Gasteiger partial charge is 0.355 e. The van der Waals surface area contributed by atoms with Crippen LogP contribution in [0.4, 0.5) is 0 Å². The van der Waals surface area contributed by atoms with E-state index in [1.165, 1.54) is 26.1 Å². The number of aliphatic hydroxyl groups excluding tert-OH is 1. The molecule has 1 aromatic heterocycles. The molecule has 11 atom stereocenters. The predicted octanol–water partition coefficient (Wildman–Crippen LogP) is 1.04. The fourth-order valence-corrected chi connectivity index (χ4v) is 10.6. The maximum absolute atomic E-state index is 13.4. The lowest BCUT2D eigenvalue weighted by Gasteiger charge is -2.60. The Morgan fingerprint density at radius 1 is 1.07 bits per heavy atom. The summed E-state index contributed by atoms with van der Waals surface area (Å²) in [6.07, 6.45) is -1.42. The number of hydrogen-bond acceptors (Lipinski definition) is 9. The molecule has 2 saturated heterocycles. The summed E-state index contributed by atoms with van der Waals surface area (Å²) >= 11 is 0. The van der Waals surface area contributed by atoms with Crippen LogP contribution in [0.15, 0.2) is 48.7 Å². The summed E-state index contributed by atoms with van der Waals surface area (Å²) in [7, 11) is 0. The fraction of sp³-hybridized carbons (Fsp3) is 0.645. The van der Waals surface area contributed by atoms with Crippen molar-refractivity contribution in [3.05, 3.63) is 59.9 Å². The number of nitrogens with one attached hydrogen (secondary N) is 1. The van der Waals surface area contributed by atoms with E-state index < -0.39 is 74.6 Å². The zero-order valence-electron chi connectivity index (χ0n) is 23.7. The second kappa shape index (κ2) is 7.60. The van der Waals surface area contributed by atoms with Crippen molar-refractivity contribution in [1.82, 2.24) is 4.98 Å². The molecule has 6 fully saturated rings. The lowest BCUT2D eigenvalue weighted by Crippen LogP contribution is -2.75. The van der Waals surface area contributed by atoms with E-state index >= 15 is 0 Å². The van der Waals surface area contributed by atoms with Crippen molar-refractivity contribution in [2.45, 2.75) is 99.4 Å². The second-order valence-corrected chi connectivity index (χ2v) is 13.9. The molecule has 2 aromatic rings. The van der Waals surface area contributed by atoms with Crippen LogP contribution in [0, 0.1) is 22.7 Å². The van der Waals surface area contributed by atoms with E-state index in [1.54, 1.807) is 19.9 Å². The Labute approximate surface area is 237 Å². The molecule has 7 N–H and O–H groups in total. The van der Waals surface area contributed by atoms with Crippen LogP contribution in [0.2, 0.25) is 0 Å². The van der Waals surface area contributed by atoms with Crippen molar-refractivity contribution in [2.75, 3.05) is 0 Å². The van der Waals surface area contributed by atoms with Crippen molar-refractivity contribution >= 4 is 5.97 Å². The van der Waals surface area contributed by atoms with Crippen LogP contribution < -0.4 is 0 Å². The Morgan fingerprint density at radius 2 is 1.76 bits per heavy atom. The van der Waals surface area contributed by atoms with Crippen LogP contribution in [-0.2, 0) is 15.9 Å². The van der Waals surface area contributed by atoms with Crippen LogP contribution in [0.5, 0.6) is 0 Å². The molecule has 41 heavy (non-hydrogen) atoms. The largest absolute Gasteiger partial charge is 0.451 e. The Balaban J connectivity index is 1.47. The minimum absolute atomic E-state index is 0.0340.